The molecule has 4 atom stereocenters. The van der Waals surface area contributed by atoms with Gasteiger partial charge in [0.2, 0.25) is 17.6 Å². The standard InChI is InChI=1S/C37H47ClN6O7/c1-5-9-27(30(45)33(47)40-26-14-15-26)41-32(46)29-20-37(19-28(43-51-37)24-12-6-13-25(38)18-24)22-44(29)34(48)31(36(2,3)4)42-35(49)50-17-8-11-23-10-7-16-39-21-23/h6-7,10,12-13,16,18,21,26-27,29,31H,5,8-9,11,14-15,17,19-20,22H2,1-4H3,(H,40,47)(H,41,46)(H,42,49)/t27-,29-,31+,37+/m0/s1. The van der Waals surface area contributed by atoms with Gasteiger partial charge in [0.1, 0.15) is 12.1 Å². The SMILES string of the molecule is CCC[C@H](NC(=O)[C@@H]1C[C@]2(CC(c3cccc(Cl)c3)=NO2)CN1C(=O)[C@@H](NC(=O)OCCCc1cccnc1)C(C)(C)C)C(=O)C(=O)NC1CC1. The number of halogens is 1. The van der Waals surface area contributed by atoms with Gasteiger partial charge in [-0.25, -0.2) is 4.79 Å². The third kappa shape index (κ3) is 9.84. The van der Waals surface area contributed by atoms with E-state index in [0.717, 1.165) is 24.0 Å². The molecule has 2 fully saturated rings. The number of aromatic nitrogens is 1. The first kappa shape index (κ1) is 37.7. The number of hydrogen-bond donors (Lipinski definition) is 3. The van der Waals surface area contributed by atoms with Gasteiger partial charge in [0.25, 0.3) is 5.91 Å². The van der Waals surface area contributed by atoms with Crippen LogP contribution < -0.4 is 16.0 Å². The van der Waals surface area contributed by atoms with E-state index in [1.54, 1.807) is 51.4 Å². The van der Waals surface area contributed by atoms with Crippen molar-refractivity contribution in [3.63, 3.8) is 0 Å². The maximum absolute atomic E-state index is 14.5. The molecular formula is C37H47ClN6O7. The number of rotatable bonds is 14. The Morgan fingerprint density at radius 1 is 1.12 bits per heavy atom. The zero-order chi connectivity index (χ0) is 36.8. The van der Waals surface area contributed by atoms with Gasteiger partial charge in [0.05, 0.1) is 24.9 Å². The van der Waals surface area contributed by atoms with Gasteiger partial charge in [-0.05, 0) is 61.3 Å². The van der Waals surface area contributed by atoms with Crippen molar-refractivity contribution in [3.05, 3.63) is 64.9 Å². The number of pyridine rings is 1. The first-order valence-corrected chi connectivity index (χ1v) is 17.9. The van der Waals surface area contributed by atoms with E-state index in [9.17, 15) is 24.0 Å². The summed E-state index contributed by atoms with van der Waals surface area (Å²) >= 11 is 6.24. The zero-order valence-corrected chi connectivity index (χ0v) is 30.3. The number of amides is 4. The molecule has 2 aromatic rings. The summed E-state index contributed by atoms with van der Waals surface area (Å²) in [4.78, 5) is 79.0. The molecule has 1 aromatic heterocycles. The molecule has 4 amide bonds. The molecule has 3 heterocycles. The molecule has 2 aliphatic heterocycles. The highest BCUT2D eigenvalue weighted by atomic mass is 35.5. The van der Waals surface area contributed by atoms with Crippen LogP contribution in [0.1, 0.15) is 83.8 Å². The van der Waals surface area contributed by atoms with Gasteiger partial charge in [-0.1, -0.05) is 69.1 Å². The van der Waals surface area contributed by atoms with Crippen LogP contribution in [0.15, 0.2) is 53.9 Å². The number of hydrogen-bond acceptors (Lipinski definition) is 9. The van der Waals surface area contributed by atoms with Crippen LogP contribution >= 0.6 is 11.6 Å². The van der Waals surface area contributed by atoms with Crippen molar-refractivity contribution < 1.29 is 33.5 Å². The minimum atomic E-state index is -1.09. The van der Waals surface area contributed by atoms with E-state index in [-0.39, 0.29) is 38.5 Å². The summed E-state index contributed by atoms with van der Waals surface area (Å²) in [6.07, 6.45) is 6.66. The molecule has 1 saturated heterocycles. The third-order valence-corrected chi connectivity index (χ3v) is 9.51. The van der Waals surface area contributed by atoms with E-state index in [2.05, 4.69) is 26.1 Å². The molecule has 3 N–H and O–H groups in total. The predicted octanol–water partition coefficient (Wildman–Crippen LogP) is 4.11. The summed E-state index contributed by atoms with van der Waals surface area (Å²) in [6, 6.07) is 7.68. The van der Waals surface area contributed by atoms with Crippen LogP contribution in [0.2, 0.25) is 5.02 Å². The van der Waals surface area contributed by atoms with E-state index >= 15 is 0 Å². The Kier molecular flexibility index (Phi) is 12.0. The van der Waals surface area contributed by atoms with Crippen LogP contribution in [0.5, 0.6) is 0 Å². The van der Waals surface area contributed by atoms with Gasteiger partial charge in [-0.2, -0.15) is 0 Å². The molecule has 1 saturated carbocycles. The Morgan fingerprint density at radius 3 is 2.57 bits per heavy atom. The van der Waals surface area contributed by atoms with E-state index in [0.29, 0.717) is 30.0 Å². The second-order valence-corrected chi connectivity index (χ2v) is 15.1. The number of carbonyl (C=O) groups excluding carboxylic acids is 5. The average molecular weight is 723 g/mol. The van der Waals surface area contributed by atoms with E-state index in [1.807, 2.05) is 25.1 Å². The molecule has 0 bridgehead atoms. The number of benzene rings is 1. The van der Waals surface area contributed by atoms with Gasteiger partial charge < -0.3 is 30.4 Å². The van der Waals surface area contributed by atoms with Gasteiger partial charge >= 0.3 is 6.09 Å². The fourth-order valence-corrected chi connectivity index (χ4v) is 6.57. The number of nitrogens with zero attached hydrogens (tertiary/aromatic N) is 3. The zero-order valence-electron chi connectivity index (χ0n) is 29.6. The Hall–Kier alpha value is -4.52. The first-order chi connectivity index (χ1) is 24.3. The number of nitrogens with one attached hydrogen (secondary N) is 3. The summed E-state index contributed by atoms with van der Waals surface area (Å²) in [7, 11) is 0. The van der Waals surface area contributed by atoms with Crippen LogP contribution in [-0.4, -0.2) is 88.1 Å². The molecule has 3 aliphatic rings. The van der Waals surface area contributed by atoms with Gasteiger partial charge in [0.15, 0.2) is 5.60 Å². The Bertz CT molecular complexity index is 1640. The van der Waals surface area contributed by atoms with Crippen molar-refractivity contribution in [2.45, 2.75) is 109 Å². The molecule has 0 unspecified atom stereocenters. The quantitative estimate of drug-likeness (QED) is 0.194. The molecule has 5 rings (SSSR count). The largest absolute Gasteiger partial charge is 0.450 e. The number of alkyl carbamates (subject to hydrolysis) is 1. The maximum Gasteiger partial charge on any atom is 0.407 e. The van der Waals surface area contributed by atoms with Crippen molar-refractivity contribution in [2.75, 3.05) is 13.2 Å². The number of Topliss-reactive ketones (excluding diaryl/α,β-unsaturated/α-hetero) is 1. The van der Waals surface area contributed by atoms with Gasteiger partial charge in [0, 0.05) is 41.9 Å². The number of aryl methyl sites for hydroxylation is 1. The second-order valence-electron chi connectivity index (χ2n) is 14.7. The number of ether oxygens (including phenoxy) is 1. The van der Waals surface area contributed by atoms with Crippen molar-refractivity contribution in [1.82, 2.24) is 25.8 Å². The fourth-order valence-electron chi connectivity index (χ4n) is 6.38. The first-order valence-electron chi connectivity index (χ1n) is 17.6. The molecule has 1 aliphatic carbocycles. The van der Waals surface area contributed by atoms with Crippen LogP contribution in [0, 0.1) is 5.41 Å². The van der Waals surface area contributed by atoms with Crippen molar-refractivity contribution in [2.24, 2.45) is 10.6 Å². The minimum absolute atomic E-state index is 0.0134. The number of carbonyl (C=O) groups is 5. The topological polar surface area (TPSA) is 168 Å². The highest BCUT2D eigenvalue weighted by molar-refractivity contribution is 6.38. The van der Waals surface area contributed by atoms with Gasteiger partial charge in [-0.15, -0.1) is 0 Å². The molecule has 0 radical (unpaired) electrons. The fraction of sp³-hybridized carbons (Fsp3) is 0.541. The monoisotopic (exact) mass is 722 g/mol. The summed E-state index contributed by atoms with van der Waals surface area (Å²) < 4.78 is 5.45. The average Bonchev–Trinajstić information content (AvgIpc) is 3.69. The molecule has 1 spiro atoms. The Morgan fingerprint density at radius 2 is 1.90 bits per heavy atom. The lowest BCUT2D eigenvalue weighted by molar-refractivity contribution is -0.144. The van der Waals surface area contributed by atoms with Crippen molar-refractivity contribution in [1.29, 1.82) is 0 Å². The molecule has 274 valence electrons. The van der Waals surface area contributed by atoms with E-state index in [1.165, 1.54) is 4.90 Å². The summed E-state index contributed by atoms with van der Waals surface area (Å²) in [5, 5.41) is 13.1. The number of oxime groups is 1. The van der Waals surface area contributed by atoms with Crippen LogP contribution in [0.3, 0.4) is 0 Å². The Balaban J connectivity index is 1.33. The molecule has 13 nitrogen and oxygen atoms in total. The summed E-state index contributed by atoms with van der Waals surface area (Å²) in [5.41, 5.74) is 0.532. The normalized spacial score (nSPS) is 20.9. The lowest BCUT2D eigenvalue weighted by Gasteiger charge is -2.35. The van der Waals surface area contributed by atoms with Gasteiger partial charge in [-0.3, -0.25) is 24.2 Å². The Labute approximate surface area is 303 Å². The second kappa shape index (κ2) is 16.2. The predicted molar refractivity (Wildman–Crippen MR) is 190 cm³/mol. The van der Waals surface area contributed by atoms with Crippen LogP contribution in [0.4, 0.5) is 4.79 Å². The molecule has 14 heteroatoms. The third-order valence-electron chi connectivity index (χ3n) is 9.27. The smallest absolute Gasteiger partial charge is 0.407 e. The highest BCUT2D eigenvalue weighted by Gasteiger charge is 2.55. The lowest BCUT2D eigenvalue weighted by atomic mass is 9.85. The van der Waals surface area contributed by atoms with Crippen LogP contribution in [-0.2, 0) is 35.2 Å². The summed E-state index contributed by atoms with van der Waals surface area (Å²) in [5.74, 6) is -2.58. The summed E-state index contributed by atoms with van der Waals surface area (Å²) in [6.45, 7) is 7.38. The molecule has 1 aromatic carbocycles. The number of likely N-dealkylation sites (tertiary alicyclic amines) is 1. The highest BCUT2D eigenvalue weighted by Crippen LogP contribution is 2.40. The van der Waals surface area contributed by atoms with Crippen LogP contribution in [0.25, 0.3) is 0 Å². The van der Waals surface area contributed by atoms with E-state index < -0.39 is 58.7 Å². The van der Waals surface area contributed by atoms with E-state index in [4.69, 9.17) is 21.2 Å². The van der Waals surface area contributed by atoms with Crippen molar-refractivity contribution >= 4 is 46.9 Å². The number of ketones is 1. The lowest BCUT2D eigenvalue weighted by Crippen LogP contribution is -2.59. The maximum atomic E-state index is 14.5. The molecule has 51 heavy (non-hydrogen) atoms. The minimum Gasteiger partial charge on any atom is -0.450 e. The molecular weight excluding hydrogens is 676 g/mol. The van der Waals surface area contributed by atoms with Crippen molar-refractivity contribution in [3.8, 4) is 0 Å².